The molecule has 6 aromatic carbocycles. The minimum absolute atomic E-state index is 0.0176. The molecule has 0 spiro atoms. The highest BCUT2D eigenvalue weighted by atomic mass is 16.3. The van der Waals surface area contributed by atoms with Gasteiger partial charge in [0.2, 0.25) is 0 Å². The number of phenols is 1. The third-order valence-electron chi connectivity index (χ3n) is 7.44. The smallest absolute Gasteiger partial charge is 0.198 e. The summed E-state index contributed by atoms with van der Waals surface area (Å²) in [6.45, 7) is 0. The fourth-order valence-corrected chi connectivity index (χ4v) is 5.84. The SMILES string of the molecule is O=c1c2ccccc2c(=O)c2c1c(O)c1c3oc4ccc(cc4)c4ccccc4n(c32)-c2ccccc2-1. The van der Waals surface area contributed by atoms with Gasteiger partial charge in [0.05, 0.1) is 27.5 Å². The summed E-state index contributed by atoms with van der Waals surface area (Å²) in [5, 5.41) is 14.4. The quantitative estimate of drug-likeness (QED) is 0.243. The summed E-state index contributed by atoms with van der Waals surface area (Å²) < 4.78 is 8.47. The van der Waals surface area contributed by atoms with Crippen molar-refractivity contribution in [3.63, 3.8) is 0 Å². The van der Waals surface area contributed by atoms with E-state index in [2.05, 4.69) is 0 Å². The lowest BCUT2D eigenvalue weighted by Gasteiger charge is -2.25. The molecule has 6 bridgehead atoms. The molecule has 8 aromatic rings. The van der Waals surface area contributed by atoms with Gasteiger partial charge in [-0.2, -0.15) is 0 Å². The minimum atomic E-state index is -0.375. The van der Waals surface area contributed by atoms with Crippen molar-refractivity contribution in [3.05, 3.63) is 118 Å². The maximum absolute atomic E-state index is 14.1. The lowest BCUT2D eigenvalue weighted by atomic mass is 9.91. The normalized spacial score (nSPS) is 12.1. The first-order valence-corrected chi connectivity index (χ1v) is 12.0. The number of hydrogen-bond donors (Lipinski definition) is 1. The van der Waals surface area contributed by atoms with Gasteiger partial charge in [0.25, 0.3) is 0 Å². The summed E-state index contributed by atoms with van der Waals surface area (Å²) in [4.78, 5) is 27.9. The van der Waals surface area contributed by atoms with Gasteiger partial charge >= 0.3 is 0 Å². The summed E-state index contributed by atoms with van der Waals surface area (Å²) in [5.74, 6) is -0.240. The van der Waals surface area contributed by atoms with E-state index in [0.717, 1.165) is 22.0 Å². The van der Waals surface area contributed by atoms with Gasteiger partial charge in [0.15, 0.2) is 16.4 Å². The molecule has 5 heteroatoms. The Morgan fingerprint density at radius 2 is 1.27 bits per heavy atom. The van der Waals surface area contributed by atoms with Crippen LogP contribution in [0, 0.1) is 0 Å². The van der Waals surface area contributed by atoms with Crippen LogP contribution in [-0.4, -0.2) is 9.67 Å². The molecule has 0 unspecified atom stereocenters. The highest BCUT2D eigenvalue weighted by Crippen LogP contribution is 2.48. The number of benzene rings is 6. The van der Waals surface area contributed by atoms with Crippen molar-refractivity contribution >= 4 is 54.5 Å². The molecule has 2 aromatic heterocycles. The van der Waals surface area contributed by atoms with Crippen molar-refractivity contribution in [1.82, 2.24) is 4.57 Å². The van der Waals surface area contributed by atoms with Crippen molar-refractivity contribution < 1.29 is 9.52 Å². The molecule has 1 N–H and O–H groups in total. The lowest BCUT2D eigenvalue weighted by molar-refractivity contribution is 0.482. The van der Waals surface area contributed by atoms with Crippen LogP contribution >= 0.6 is 0 Å². The minimum Gasteiger partial charge on any atom is -0.506 e. The topological polar surface area (TPSA) is 72.4 Å². The summed E-state index contributed by atoms with van der Waals surface area (Å²) in [7, 11) is 0. The van der Waals surface area contributed by atoms with Crippen LogP contribution < -0.4 is 10.9 Å². The van der Waals surface area contributed by atoms with E-state index in [1.807, 2.05) is 77.4 Å². The van der Waals surface area contributed by atoms with Gasteiger partial charge in [-0.15, -0.1) is 0 Å². The lowest BCUT2D eigenvalue weighted by Crippen LogP contribution is -2.17. The average molecular weight is 479 g/mol. The number of aromatic hydroxyl groups is 1. The predicted octanol–water partition coefficient (Wildman–Crippen LogP) is 6.80. The van der Waals surface area contributed by atoms with Gasteiger partial charge in [-0.3, -0.25) is 9.59 Å². The van der Waals surface area contributed by atoms with Gasteiger partial charge in [-0.05, 0) is 29.7 Å². The third kappa shape index (κ3) is 2.47. The number of nitrogens with zero attached hydrogens (tertiary/aromatic N) is 1. The van der Waals surface area contributed by atoms with Crippen LogP contribution in [0.2, 0.25) is 0 Å². The highest BCUT2D eigenvalue weighted by Gasteiger charge is 2.30. The van der Waals surface area contributed by atoms with Gasteiger partial charge in [0, 0.05) is 21.7 Å². The Labute approximate surface area is 208 Å². The second-order valence-corrected chi connectivity index (χ2v) is 9.35. The molecular formula is C32H17NO4. The van der Waals surface area contributed by atoms with Crippen molar-refractivity contribution in [3.8, 4) is 22.6 Å². The molecular weight excluding hydrogens is 462 g/mol. The second kappa shape index (κ2) is 6.95. The van der Waals surface area contributed by atoms with Crippen LogP contribution in [0.3, 0.4) is 0 Å². The molecule has 0 atom stereocenters. The molecule has 0 saturated heterocycles. The summed E-state index contributed by atoms with van der Waals surface area (Å²) in [6, 6.07) is 30.1. The molecule has 37 heavy (non-hydrogen) atoms. The van der Waals surface area contributed by atoms with E-state index >= 15 is 0 Å². The first-order valence-electron chi connectivity index (χ1n) is 12.0. The largest absolute Gasteiger partial charge is 0.506 e. The zero-order valence-corrected chi connectivity index (χ0v) is 19.4. The Morgan fingerprint density at radius 1 is 0.649 bits per heavy atom. The van der Waals surface area contributed by atoms with Crippen LogP contribution in [0.15, 0.2) is 111 Å². The standard InChI is InChI=1S/C32H17NO4/c34-29-20-8-1-2-9-21(20)30(35)27-26(29)28-32-25(31(27)36)22-10-4-6-12-24(22)33(28)23-11-5-3-7-19(23)17-13-15-18(37-32)16-14-17/h1-16,36H. The zero-order valence-electron chi connectivity index (χ0n) is 19.4. The van der Waals surface area contributed by atoms with E-state index in [1.54, 1.807) is 24.3 Å². The number of fused-ring (bicyclic) bond motifs is 6. The molecule has 3 heterocycles. The van der Waals surface area contributed by atoms with Crippen LogP contribution in [0.25, 0.3) is 71.3 Å². The highest BCUT2D eigenvalue weighted by molar-refractivity contribution is 6.20. The summed E-state index contributed by atoms with van der Waals surface area (Å²) in [5.41, 5.74) is 3.44. The molecule has 0 fully saturated rings. The Balaban J connectivity index is 1.88. The van der Waals surface area contributed by atoms with Crippen LogP contribution in [-0.2, 0) is 0 Å². The first-order chi connectivity index (χ1) is 18.1. The number of hydrogen-bond acceptors (Lipinski definition) is 4. The third-order valence-corrected chi connectivity index (χ3v) is 7.44. The fourth-order valence-electron chi connectivity index (χ4n) is 5.84. The maximum Gasteiger partial charge on any atom is 0.198 e. The molecule has 0 aliphatic carbocycles. The van der Waals surface area contributed by atoms with E-state index in [0.29, 0.717) is 33.2 Å². The molecule has 0 amide bonds. The van der Waals surface area contributed by atoms with E-state index in [-0.39, 0.29) is 32.8 Å². The first kappa shape index (κ1) is 20.1. The predicted molar refractivity (Wildman–Crippen MR) is 148 cm³/mol. The zero-order chi connectivity index (χ0) is 24.8. The van der Waals surface area contributed by atoms with Gasteiger partial charge < -0.3 is 14.1 Å². The van der Waals surface area contributed by atoms with E-state index < -0.39 is 0 Å². The second-order valence-electron chi connectivity index (χ2n) is 9.35. The van der Waals surface area contributed by atoms with Crippen molar-refractivity contribution in [2.75, 3.05) is 0 Å². The number of phenolic OH excluding ortho intramolecular Hbond substituents is 1. The summed E-state index contributed by atoms with van der Waals surface area (Å²) in [6.07, 6.45) is 0. The average Bonchev–Trinajstić information content (AvgIpc) is 2.94. The molecule has 1 aliphatic heterocycles. The summed E-state index contributed by atoms with van der Waals surface area (Å²) >= 11 is 0. The van der Waals surface area contributed by atoms with E-state index in [9.17, 15) is 14.7 Å². The van der Waals surface area contributed by atoms with Gasteiger partial charge in [-0.1, -0.05) is 72.8 Å². The van der Waals surface area contributed by atoms with E-state index in [1.165, 1.54) is 0 Å². The van der Waals surface area contributed by atoms with Crippen molar-refractivity contribution in [2.45, 2.75) is 0 Å². The van der Waals surface area contributed by atoms with Crippen LogP contribution in [0.5, 0.6) is 5.75 Å². The number of para-hydroxylation sites is 2. The molecule has 0 saturated carbocycles. The number of aromatic nitrogens is 1. The molecule has 9 rings (SSSR count). The number of rotatable bonds is 0. The molecule has 174 valence electrons. The molecule has 0 radical (unpaired) electrons. The van der Waals surface area contributed by atoms with Gasteiger partial charge in [-0.25, -0.2) is 0 Å². The van der Waals surface area contributed by atoms with Gasteiger partial charge in [0.1, 0.15) is 16.8 Å². The van der Waals surface area contributed by atoms with Crippen LogP contribution in [0.1, 0.15) is 0 Å². The number of pyridine rings is 1. The van der Waals surface area contributed by atoms with Crippen LogP contribution in [0.4, 0.5) is 0 Å². The molecule has 5 nitrogen and oxygen atoms in total. The maximum atomic E-state index is 14.1. The molecule has 1 aliphatic rings. The monoisotopic (exact) mass is 479 g/mol. The Morgan fingerprint density at radius 3 is 2.03 bits per heavy atom. The Bertz CT molecular complexity index is 2290. The Kier molecular flexibility index (Phi) is 3.77. The Hall–Kier alpha value is -5.16. The van der Waals surface area contributed by atoms with E-state index in [4.69, 9.17) is 4.42 Å². The van der Waals surface area contributed by atoms with Crippen molar-refractivity contribution in [2.24, 2.45) is 0 Å². The fraction of sp³-hybridized carbons (Fsp3) is 0. The van der Waals surface area contributed by atoms with Crippen molar-refractivity contribution in [1.29, 1.82) is 0 Å².